The van der Waals surface area contributed by atoms with Gasteiger partial charge in [-0.1, -0.05) is 12.2 Å². The maximum Gasteiger partial charge on any atom is 0.507 e. The summed E-state index contributed by atoms with van der Waals surface area (Å²) in [7, 11) is 0. The molecule has 0 radical (unpaired) electrons. The Hall–Kier alpha value is -2.82. The Morgan fingerprint density at radius 2 is 1.75 bits per heavy atom. The molecular formula is C17H13F4N3O3S. The summed E-state index contributed by atoms with van der Waals surface area (Å²) in [4.78, 5) is 19.0. The molecule has 3 heterocycles. The monoisotopic (exact) mass is 415 g/mol. The molecule has 2 aliphatic rings. The number of alkyl halides is 4. The highest BCUT2D eigenvalue weighted by Crippen LogP contribution is 2.47. The number of fused-ring (bicyclic) bond motifs is 1. The van der Waals surface area contributed by atoms with Crippen molar-refractivity contribution in [1.29, 1.82) is 0 Å². The molecular weight excluding hydrogens is 402 g/mol. The minimum absolute atomic E-state index is 0.304. The summed E-state index contributed by atoms with van der Waals surface area (Å²) in [5.74, 6) is -1.05. The number of ether oxygens (including phenoxy) is 2. The van der Waals surface area contributed by atoms with Crippen LogP contribution in [0.25, 0.3) is 5.69 Å². The molecule has 6 nitrogen and oxygen atoms in total. The van der Waals surface area contributed by atoms with E-state index in [1.54, 1.807) is 13.1 Å². The number of hydrogen-bond donors (Lipinski definition) is 0. The van der Waals surface area contributed by atoms with E-state index in [1.165, 1.54) is 26.9 Å². The first-order valence-corrected chi connectivity index (χ1v) is 8.94. The van der Waals surface area contributed by atoms with Crippen LogP contribution in [0.3, 0.4) is 0 Å². The molecule has 2 aromatic rings. The van der Waals surface area contributed by atoms with Gasteiger partial charge in [-0.15, -0.1) is 11.3 Å². The molecule has 0 unspecified atom stereocenters. The van der Waals surface area contributed by atoms with Crippen molar-refractivity contribution in [3.05, 3.63) is 46.2 Å². The predicted octanol–water partition coefficient (Wildman–Crippen LogP) is 3.70. The lowest BCUT2D eigenvalue weighted by molar-refractivity contribution is -0.391. The van der Waals surface area contributed by atoms with Crippen LogP contribution in [-0.2, 0) is 0 Å². The Morgan fingerprint density at radius 1 is 1.11 bits per heavy atom. The molecule has 0 spiro atoms. The molecule has 148 valence electrons. The number of carbonyl (C=O) groups excluding carboxylic acids is 1. The highest BCUT2D eigenvalue weighted by Gasteiger charge is 2.65. The highest BCUT2D eigenvalue weighted by atomic mass is 32.1. The van der Waals surface area contributed by atoms with E-state index in [4.69, 9.17) is 0 Å². The van der Waals surface area contributed by atoms with Crippen LogP contribution in [0.5, 0.6) is 11.5 Å². The first-order chi connectivity index (χ1) is 13.2. The van der Waals surface area contributed by atoms with Crippen molar-refractivity contribution < 1.29 is 31.8 Å². The number of amides is 2. The number of urea groups is 1. The van der Waals surface area contributed by atoms with Crippen molar-refractivity contribution in [2.75, 3.05) is 13.1 Å². The Bertz CT molecular complexity index is 1040. The zero-order chi connectivity index (χ0) is 20.1. The fourth-order valence-electron chi connectivity index (χ4n) is 2.71. The number of hydrogen-bond acceptors (Lipinski definition) is 4. The van der Waals surface area contributed by atoms with Gasteiger partial charge in [-0.2, -0.15) is 22.6 Å². The van der Waals surface area contributed by atoms with E-state index in [2.05, 4.69) is 14.5 Å². The van der Waals surface area contributed by atoms with Crippen molar-refractivity contribution in [1.82, 2.24) is 9.47 Å². The van der Waals surface area contributed by atoms with Gasteiger partial charge in [0.15, 0.2) is 16.3 Å². The number of aryl methyl sites for hydroxylation is 1. The van der Waals surface area contributed by atoms with Gasteiger partial charge in [0, 0.05) is 30.2 Å². The summed E-state index contributed by atoms with van der Waals surface area (Å²) in [5.41, 5.74) is 0.304. The summed E-state index contributed by atoms with van der Waals surface area (Å²) in [6.45, 7) is 2.70. The number of rotatable bonds is 1. The van der Waals surface area contributed by atoms with Crippen molar-refractivity contribution >= 4 is 17.4 Å². The van der Waals surface area contributed by atoms with E-state index in [-0.39, 0.29) is 0 Å². The summed E-state index contributed by atoms with van der Waals surface area (Å²) < 4.78 is 63.2. The van der Waals surface area contributed by atoms with Gasteiger partial charge in [-0.25, -0.2) is 4.79 Å². The maximum atomic E-state index is 13.4. The molecule has 0 saturated carbocycles. The van der Waals surface area contributed by atoms with Gasteiger partial charge in [-0.05, 0) is 19.1 Å². The van der Waals surface area contributed by atoms with Crippen molar-refractivity contribution in [2.45, 2.75) is 19.1 Å². The molecule has 1 aromatic heterocycles. The van der Waals surface area contributed by atoms with Crippen LogP contribution in [0.1, 0.15) is 4.88 Å². The summed E-state index contributed by atoms with van der Waals surface area (Å²) in [6, 6.07) is 3.17. The SMILES string of the molecule is Cc1cn(-c2ccc3c(c2)OC(F)(F)C(F)(F)O3)/c(=N/C(=O)N2CC=CC2)s1. The molecule has 0 saturated heterocycles. The number of carbonyl (C=O) groups is 1. The number of benzene rings is 1. The predicted molar refractivity (Wildman–Crippen MR) is 91.2 cm³/mol. The second kappa shape index (κ2) is 6.36. The summed E-state index contributed by atoms with van der Waals surface area (Å²) in [5, 5.41) is 0. The first kappa shape index (κ1) is 18.5. The van der Waals surface area contributed by atoms with E-state index in [0.29, 0.717) is 23.6 Å². The fraction of sp³-hybridized carbons (Fsp3) is 0.294. The zero-order valence-electron chi connectivity index (χ0n) is 14.4. The van der Waals surface area contributed by atoms with E-state index in [9.17, 15) is 22.4 Å². The molecule has 2 amide bonds. The number of aromatic nitrogens is 1. The molecule has 0 bridgehead atoms. The van der Waals surface area contributed by atoms with Gasteiger partial charge in [0.05, 0.1) is 5.69 Å². The third-order valence-electron chi connectivity index (χ3n) is 4.07. The zero-order valence-corrected chi connectivity index (χ0v) is 15.2. The van der Waals surface area contributed by atoms with Gasteiger partial charge >= 0.3 is 18.2 Å². The quantitative estimate of drug-likeness (QED) is 0.527. The fourth-order valence-corrected chi connectivity index (χ4v) is 3.54. The van der Waals surface area contributed by atoms with Crippen LogP contribution >= 0.6 is 11.3 Å². The number of halogens is 4. The van der Waals surface area contributed by atoms with Crippen LogP contribution < -0.4 is 14.3 Å². The molecule has 1 aromatic carbocycles. The number of thiazole rings is 1. The molecule has 0 N–H and O–H groups in total. The van der Waals surface area contributed by atoms with E-state index in [1.807, 2.05) is 12.2 Å². The minimum Gasteiger partial charge on any atom is -0.421 e. The molecule has 0 fully saturated rings. The van der Waals surface area contributed by atoms with Crippen LogP contribution in [-0.4, -0.2) is 40.8 Å². The average molecular weight is 415 g/mol. The molecule has 0 atom stereocenters. The minimum atomic E-state index is -4.81. The third kappa shape index (κ3) is 3.15. The molecule has 0 aliphatic carbocycles. The van der Waals surface area contributed by atoms with Crippen LogP contribution in [0.4, 0.5) is 22.4 Å². The van der Waals surface area contributed by atoms with Gasteiger partial charge in [0.2, 0.25) is 0 Å². The van der Waals surface area contributed by atoms with Crippen LogP contribution in [0, 0.1) is 6.92 Å². The lowest BCUT2D eigenvalue weighted by atomic mass is 10.2. The van der Waals surface area contributed by atoms with Crippen molar-refractivity contribution in [3.63, 3.8) is 0 Å². The molecule has 28 heavy (non-hydrogen) atoms. The molecule has 4 rings (SSSR count). The maximum absolute atomic E-state index is 13.4. The Balaban J connectivity index is 1.72. The summed E-state index contributed by atoms with van der Waals surface area (Å²) >= 11 is 1.22. The Kier molecular flexibility index (Phi) is 4.21. The van der Waals surface area contributed by atoms with Crippen molar-refractivity contribution in [3.8, 4) is 17.2 Å². The Morgan fingerprint density at radius 3 is 2.43 bits per heavy atom. The van der Waals surface area contributed by atoms with Crippen LogP contribution in [0.15, 0.2) is 41.5 Å². The smallest absolute Gasteiger partial charge is 0.421 e. The van der Waals surface area contributed by atoms with Crippen molar-refractivity contribution in [2.24, 2.45) is 4.99 Å². The Labute approximate surface area is 159 Å². The van der Waals surface area contributed by atoms with E-state index < -0.39 is 29.7 Å². The summed E-state index contributed by atoms with van der Waals surface area (Å²) in [6.07, 6.45) is -4.24. The molecule has 2 aliphatic heterocycles. The number of nitrogens with zero attached hydrogens (tertiary/aromatic N) is 3. The third-order valence-corrected chi connectivity index (χ3v) is 4.97. The van der Waals surface area contributed by atoms with Crippen LogP contribution in [0.2, 0.25) is 0 Å². The van der Waals surface area contributed by atoms with Gasteiger partial charge < -0.3 is 14.4 Å². The highest BCUT2D eigenvalue weighted by molar-refractivity contribution is 7.09. The topological polar surface area (TPSA) is 56.1 Å². The van der Waals surface area contributed by atoms with E-state index in [0.717, 1.165) is 17.0 Å². The molecule has 11 heteroatoms. The van der Waals surface area contributed by atoms with E-state index >= 15 is 0 Å². The van der Waals surface area contributed by atoms with Gasteiger partial charge in [0.25, 0.3) is 0 Å². The lowest BCUT2D eigenvalue weighted by Crippen LogP contribution is -2.52. The lowest BCUT2D eigenvalue weighted by Gasteiger charge is -2.31. The average Bonchev–Trinajstić information content (AvgIpc) is 3.25. The second-order valence-corrected chi connectivity index (χ2v) is 7.35. The largest absolute Gasteiger partial charge is 0.507 e. The second-order valence-electron chi connectivity index (χ2n) is 6.13. The normalized spacial score (nSPS) is 19.9. The van der Waals surface area contributed by atoms with Gasteiger partial charge in [-0.3, -0.25) is 4.57 Å². The first-order valence-electron chi connectivity index (χ1n) is 8.12. The van der Waals surface area contributed by atoms with Gasteiger partial charge in [0.1, 0.15) is 0 Å². The standard InChI is InChI=1S/C17H13F4N3O3S/c1-10-9-24(15(28-10)22-14(25)23-6-2-3-7-23)11-4-5-12-13(8-11)27-17(20,21)16(18,19)26-12/h2-5,8-9H,6-7H2,1H3/b22-15-.